The Morgan fingerprint density at radius 3 is 2.38 bits per heavy atom. The van der Waals surface area contributed by atoms with E-state index in [2.05, 4.69) is 16.0 Å². The van der Waals surface area contributed by atoms with Crippen molar-refractivity contribution in [1.82, 2.24) is 4.90 Å². The molecule has 1 aromatic rings. The standard InChI is InChI=1S/C19H23N3O6Se/c1-11-15(18(23)27-2)16(12-5-4-6-13(9-12)22(25)26)17(19(24)28-3)14(7-8-20)21(11)10-29/h4-6,9,16,29H,7-8,10,20H2,1-3H3. The Morgan fingerprint density at radius 2 is 1.86 bits per heavy atom. The van der Waals surface area contributed by atoms with Gasteiger partial charge in [0, 0.05) is 0 Å². The summed E-state index contributed by atoms with van der Waals surface area (Å²) in [5.41, 5.74) is 8.11. The van der Waals surface area contributed by atoms with E-state index in [1.165, 1.54) is 32.4 Å². The van der Waals surface area contributed by atoms with E-state index in [1.54, 1.807) is 17.9 Å². The second-order valence-electron chi connectivity index (χ2n) is 6.24. The summed E-state index contributed by atoms with van der Waals surface area (Å²) in [7, 11) is 2.49. The molecule has 0 fully saturated rings. The monoisotopic (exact) mass is 469 g/mol. The zero-order valence-corrected chi connectivity index (χ0v) is 18.3. The van der Waals surface area contributed by atoms with Gasteiger partial charge in [-0.15, -0.1) is 0 Å². The molecule has 9 nitrogen and oxygen atoms in total. The van der Waals surface area contributed by atoms with E-state index in [4.69, 9.17) is 15.2 Å². The van der Waals surface area contributed by atoms with Crippen LogP contribution in [-0.2, 0) is 19.1 Å². The van der Waals surface area contributed by atoms with Gasteiger partial charge in [-0.2, -0.15) is 0 Å². The number of ether oxygens (including phenoxy) is 2. The van der Waals surface area contributed by atoms with Crippen LogP contribution in [0.25, 0.3) is 0 Å². The van der Waals surface area contributed by atoms with Gasteiger partial charge in [0.1, 0.15) is 0 Å². The first-order chi connectivity index (χ1) is 13.8. The molecule has 0 spiro atoms. The molecule has 1 atom stereocenters. The third-order valence-corrected chi connectivity index (χ3v) is 5.35. The van der Waals surface area contributed by atoms with Gasteiger partial charge in [0.15, 0.2) is 0 Å². The predicted octanol–water partition coefficient (Wildman–Crippen LogP) is 1.08. The maximum atomic E-state index is 12.8. The fourth-order valence-corrected chi connectivity index (χ4v) is 4.29. The molecule has 10 heteroatoms. The van der Waals surface area contributed by atoms with Gasteiger partial charge in [0.25, 0.3) is 0 Å². The number of methoxy groups -OCH3 is 2. The molecule has 2 N–H and O–H groups in total. The number of nitro groups is 1. The van der Waals surface area contributed by atoms with Crippen molar-refractivity contribution in [3.05, 3.63) is 62.5 Å². The molecule has 0 aromatic heterocycles. The molecular formula is C19H23N3O6Se. The van der Waals surface area contributed by atoms with Crippen LogP contribution in [0.4, 0.5) is 5.69 Å². The van der Waals surface area contributed by atoms with Crippen molar-refractivity contribution in [2.45, 2.75) is 19.3 Å². The molecule has 0 saturated carbocycles. The van der Waals surface area contributed by atoms with Gasteiger partial charge >= 0.3 is 176 Å². The topological polar surface area (TPSA) is 125 Å². The molecule has 0 saturated heterocycles. The summed E-state index contributed by atoms with van der Waals surface area (Å²) in [4.78, 5) is 38.1. The number of allylic oxidation sites excluding steroid dienone is 1. The van der Waals surface area contributed by atoms with Crippen LogP contribution in [-0.4, -0.2) is 64.0 Å². The van der Waals surface area contributed by atoms with E-state index in [9.17, 15) is 19.7 Å². The Morgan fingerprint density at radius 1 is 1.24 bits per heavy atom. The third kappa shape index (κ3) is 4.34. The van der Waals surface area contributed by atoms with E-state index in [0.29, 0.717) is 28.8 Å². The Kier molecular flexibility index (Phi) is 7.55. The van der Waals surface area contributed by atoms with Crippen molar-refractivity contribution in [1.29, 1.82) is 0 Å². The number of non-ortho nitro benzene ring substituents is 1. The molecule has 1 aliphatic heterocycles. The number of nitrogens with zero attached hydrogens (tertiary/aromatic N) is 2. The summed E-state index contributed by atoms with van der Waals surface area (Å²) < 4.78 is 9.98. The molecule has 0 amide bonds. The van der Waals surface area contributed by atoms with Crippen LogP contribution in [0, 0.1) is 10.1 Å². The van der Waals surface area contributed by atoms with Crippen molar-refractivity contribution < 1.29 is 24.0 Å². The molecule has 1 aromatic carbocycles. The van der Waals surface area contributed by atoms with Crippen molar-refractivity contribution in [2.24, 2.45) is 5.73 Å². The van der Waals surface area contributed by atoms with Crippen LogP contribution < -0.4 is 5.73 Å². The summed E-state index contributed by atoms with van der Waals surface area (Å²) in [6, 6.07) is 5.84. The second-order valence-corrected chi connectivity index (χ2v) is 6.83. The molecular weight excluding hydrogens is 445 g/mol. The molecule has 2 rings (SSSR count). The Balaban J connectivity index is 2.88. The molecule has 1 aliphatic rings. The van der Waals surface area contributed by atoms with E-state index in [-0.39, 0.29) is 23.4 Å². The molecule has 1 heterocycles. The number of nitrogens with two attached hydrogens (primary N) is 1. The summed E-state index contributed by atoms with van der Waals surface area (Å²) in [6.45, 7) is 2.01. The number of carbonyl (C=O) groups excluding carboxylic acids is 2. The number of rotatable bonds is 7. The summed E-state index contributed by atoms with van der Waals surface area (Å²) in [6.07, 6.45) is 0.361. The van der Waals surface area contributed by atoms with Crippen LogP contribution in [0.5, 0.6) is 0 Å². The van der Waals surface area contributed by atoms with E-state index in [0.717, 1.165) is 0 Å². The number of hydrogen-bond donors (Lipinski definition) is 1. The van der Waals surface area contributed by atoms with E-state index < -0.39 is 22.8 Å². The van der Waals surface area contributed by atoms with Gasteiger partial charge in [-0.25, -0.2) is 0 Å². The van der Waals surface area contributed by atoms with Crippen molar-refractivity contribution in [3.8, 4) is 0 Å². The Bertz CT molecular complexity index is 896. The molecule has 0 radical (unpaired) electrons. The molecule has 156 valence electrons. The average molecular weight is 468 g/mol. The van der Waals surface area contributed by atoms with Crippen LogP contribution >= 0.6 is 0 Å². The fraction of sp³-hybridized carbons (Fsp3) is 0.368. The first kappa shape index (κ1) is 22.6. The maximum absolute atomic E-state index is 12.8. The number of hydrogen-bond acceptors (Lipinski definition) is 8. The van der Waals surface area contributed by atoms with Gasteiger partial charge in [0.05, 0.1) is 0 Å². The SMILES string of the molecule is COC(=O)C1=C(C)N(C[SeH])C(CCN)=C(C(=O)OC)C1c1cccc([N+](=O)[O-])c1. The quantitative estimate of drug-likeness (QED) is 0.273. The first-order valence-corrected chi connectivity index (χ1v) is 10.1. The van der Waals surface area contributed by atoms with Crippen molar-refractivity contribution in [2.75, 3.05) is 26.2 Å². The van der Waals surface area contributed by atoms with Gasteiger partial charge in [0.2, 0.25) is 0 Å². The predicted molar refractivity (Wildman–Crippen MR) is 107 cm³/mol. The number of esters is 2. The van der Waals surface area contributed by atoms with Gasteiger partial charge in [-0.3, -0.25) is 0 Å². The fourth-order valence-electron chi connectivity index (χ4n) is 3.48. The average Bonchev–Trinajstić information content (AvgIpc) is 2.72. The van der Waals surface area contributed by atoms with Crippen LogP contribution in [0.1, 0.15) is 24.8 Å². The van der Waals surface area contributed by atoms with Gasteiger partial charge in [-0.05, 0) is 0 Å². The zero-order valence-electron chi connectivity index (χ0n) is 16.4. The number of nitro benzene ring substituents is 1. The van der Waals surface area contributed by atoms with Crippen LogP contribution in [0.2, 0.25) is 0 Å². The van der Waals surface area contributed by atoms with E-state index >= 15 is 0 Å². The first-order valence-electron chi connectivity index (χ1n) is 8.75. The molecule has 29 heavy (non-hydrogen) atoms. The van der Waals surface area contributed by atoms with E-state index in [1.807, 2.05) is 0 Å². The van der Waals surface area contributed by atoms with Gasteiger partial charge < -0.3 is 0 Å². The third-order valence-electron chi connectivity index (χ3n) is 4.76. The molecule has 0 aliphatic carbocycles. The normalized spacial score (nSPS) is 16.7. The minimum atomic E-state index is -0.883. The molecule has 0 bridgehead atoms. The van der Waals surface area contributed by atoms with Crippen LogP contribution in [0.15, 0.2) is 46.8 Å². The summed E-state index contributed by atoms with van der Waals surface area (Å²) >= 11 is 2.39. The zero-order chi connectivity index (χ0) is 21.7. The summed E-state index contributed by atoms with van der Waals surface area (Å²) in [5.74, 6) is -2.14. The Hall–Kier alpha value is -2.68. The number of carbonyl (C=O) groups is 2. The second kappa shape index (κ2) is 9.69. The van der Waals surface area contributed by atoms with Crippen molar-refractivity contribution >= 4 is 33.6 Å². The summed E-state index contributed by atoms with van der Waals surface area (Å²) in [5, 5.41) is 11.3. The van der Waals surface area contributed by atoms with Crippen LogP contribution in [0.3, 0.4) is 0 Å². The number of benzene rings is 1. The molecule has 1 unspecified atom stereocenters. The minimum absolute atomic E-state index is 0.149. The van der Waals surface area contributed by atoms with Crippen molar-refractivity contribution in [3.63, 3.8) is 0 Å². The Labute approximate surface area is 176 Å². The van der Waals surface area contributed by atoms with Gasteiger partial charge in [-0.1, -0.05) is 0 Å².